The van der Waals surface area contributed by atoms with Gasteiger partial charge < -0.3 is 9.80 Å². The normalized spacial score (nSPS) is 10.8. The van der Waals surface area contributed by atoms with E-state index in [1.54, 1.807) is 10.7 Å². The Morgan fingerprint density at radius 1 is 1.07 bits per heavy atom. The van der Waals surface area contributed by atoms with Crippen LogP contribution >= 0.6 is 0 Å². The summed E-state index contributed by atoms with van der Waals surface area (Å²) in [5.41, 5.74) is 2.89. The van der Waals surface area contributed by atoms with Crippen molar-refractivity contribution in [2.75, 3.05) is 25.5 Å². The smallest absolute Gasteiger partial charge is 0.224 e. The molecule has 2 aromatic carbocycles. The third-order valence-electron chi connectivity index (χ3n) is 4.86. The number of aromatic nitrogens is 2. The van der Waals surface area contributed by atoms with Gasteiger partial charge >= 0.3 is 0 Å². The highest BCUT2D eigenvalue weighted by atomic mass is 16.2. The molecular weight excluding hydrogens is 352 g/mol. The minimum Gasteiger partial charge on any atom is -0.378 e. The van der Waals surface area contributed by atoms with Crippen molar-refractivity contribution in [3.63, 3.8) is 0 Å². The molecule has 0 aliphatic carbocycles. The molecule has 6 nitrogen and oxygen atoms in total. The molecule has 0 aliphatic heterocycles. The van der Waals surface area contributed by atoms with Crippen molar-refractivity contribution in [2.24, 2.45) is 0 Å². The second-order valence-corrected chi connectivity index (χ2v) is 6.97. The molecule has 0 aliphatic rings. The molecule has 0 atom stereocenters. The standard InChI is InChI=1S/C22H26N4O2/c1-4-25(16-17-9-11-18(12-10-17)24(2)3)22(28)13-14-26-20-8-6-5-7-19(20)21(27)15-23-26/h5-12,15H,4,13-14,16H2,1-3H3. The summed E-state index contributed by atoms with van der Waals surface area (Å²) in [6, 6.07) is 15.6. The van der Waals surface area contributed by atoms with Crippen LogP contribution in [0.2, 0.25) is 0 Å². The molecule has 6 heteroatoms. The number of benzene rings is 2. The summed E-state index contributed by atoms with van der Waals surface area (Å²) in [7, 11) is 4.01. The fourth-order valence-electron chi connectivity index (χ4n) is 3.20. The number of amides is 1. The molecule has 0 unspecified atom stereocenters. The van der Waals surface area contributed by atoms with Crippen LogP contribution in [0.15, 0.2) is 59.5 Å². The van der Waals surface area contributed by atoms with Crippen LogP contribution in [0.4, 0.5) is 5.69 Å². The number of rotatable bonds is 7. The highest BCUT2D eigenvalue weighted by Crippen LogP contribution is 2.15. The largest absolute Gasteiger partial charge is 0.378 e. The van der Waals surface area contributed by atoms with Crippen molar-refractivity contribution in [3.8, 4) is 0 Å². The van der Waals surface area contributed by atoms with Crippen LogP contribution in [-0.4, -0.2) is 41.2 Å². The maximum atomic E-state index is 12.7. The molecule has 0 fully saturated rings. The van der Waals surface area contributed by atoms with Crippen LogP contribution in [0.5, 0.6) is 0 Å². The number of carbonyl (C=O) groups excluding carboxylic acids is 1. The van der Waals surface area contributed by atoms with Crippen LogP contribution in [-0.2, 0) is 17.9 Å². The van der Waals surface area contributed by atoms with Crippen molar-refractivity contribution in [2.45, 2.75) is 26.4 Å². The predicted octanol–water partition coefficient (Wildman–Crippen LogP) is 2.90. The van der Waals surface area contributed by atoms with Gasteiger partial charge in [-0.15, -0.1) is 0 Å². The van der Waals surface area contributed by atoms with Gasteiger partial charge in [0.15, 0.2) is 0 Å². The molecule has 0 spiro atoms. The van der Waals surface area contributed by atoms with Gasteiger partial charge in [0.2, 0.25) is 11.3 Å². The van der Waals surface area contributed by atoms with Gasteiger partial charge in [0.25, 0.3) is 0 Å². The van der Waals surface area contributed by atoms with E-state index in [1.807, 2.05) is 49.0 Å². The van der Waals surface area contributed by atoms with E-state index in [1.165, 1.54) is 6.20 Å². The average Bonchev–Trinajstić information content (AvgIpc) is 2.72. The monoisotopic (exact) mass is 378 g/mol. The zero-order chi connectivity index (χ0) is 20.1. The Morgan fingerprint density at radius 3 is 2.46 bits per heavy atom. The topological polar surface area (TPSA) is 58.4 Å². The Hall–Kier alpha value is -3.15. The predicted molar refractivity (Wildman–Crippen MR) is 112 cm³/mol. The van der Waals surface area contributed by atoms with E-state index in [2.05, 4.69) is 29.4 Å². The molecule has 1 amide bonds. The lowest BCUT2D eigenvalue weighted by Crippen LogP contribution is -2.31. The molecule has 0 saturated carbocycles. The van der Waals surface area contributed by atoms with Gasteiger partial charge in [-0.3, -0.25) is 14.3 Å². The lowest BCUT2D eigenvalue weighted by molar-refractivity contribution is -0.131. The fourth-order valence-corrected chi connectivity index (χ4v) is 3.20. The summed E-state index contributed by atoms with van der Waals surface area (Å²) in [4.78, 5) is 28.6. The summed E-state index contributed by atoms with van der Waals surface area (Å²) in [6.07, 6.45) is 1.65. The molecule has 1 heterocycles. The quantitative estimate of drug-likeness (QED) is 0.634. The first-order chi connectivity index (χ1) is 13.5. The van der Waals surface area contributed by atoms with Gasteiger partial charge in [0, 0.05) is 44.7 Å². The van der Waals surface area contributed by atoms with Crippen molar-refractivity contribution in [3.05, 3.63) is 70.5 Å². The summed E-state index contributed by atoms with van der Waals surface area (Å²) in [5.74, 6) is 0.0729. The first-order valence-corrected chi connectivity index (χ1v) is 9.48. The fraction of sp³-hybridized carbons (Fsp3) is 0.318. The van der Waals surface area contributed by atoms with E-state index >= 15 is 0 Å². The summed E-state index contributed by atoms with van der Waals surface area (Å²) < 4.78 is 1.73. The Balaban J connectivity index is 1.68. The Kier molecular flexibility index (Phi) is 6.09. The molecular formula is C22H26N4O2. The Bertz CT molecular complexity index is 1010. The molecule has 28 heavy (non-hydrogen) atoms. The van der Waals surface area contributed by atoms with Crippen molar-refractivity contribution in [1.82, 2.24) is 14.7 Å². The zero-order valence-electron chi connectivity index (χ0n) is 16.6. The van der Waals surface area contributed by atoms with E-state index in [9.17, 15) is 9.59 Å². The van der Waals surface area contributed by atoms with Crippen molar-refractivity contribution in [1.29, 1.82) is 0 Å². The van der Waals surface area contributed by atoms with Crippen LogP contribution < -0.4 is 10.3 Å². The molecule has 1 aromatic heterocycles. The SMILES string of the molecule is CCN(Cc1ccc(N(C)C)cc1)C(=O)CCn1ncc(=O)c2ccccc21. The number of carbonyl (C=O) groups is 1. The molecule has 0 saturated heterocycles. The second-order valence-electron chi connectivity index (χ2n) is 6.97. The molecule has 0 N–H and O–H groups in total. The van der Waals surface area contributed by atoms with E-state index in [0.717, 1.165) is 16.8 Å². The second kappa shape index (κ2) is 8.69. The molecule has 0 bridgehead atoms. The first-order valence-electron chi connectivity index (χ1n) is 9.48. The van der Waals surface area contributed by atoms with Crippen LogP contribution in [0.3, 0.4) is 0 Å². The Labute approximate surface area is 165 Å². The van der Waals surface area contributed by atoms with Gasteiger partial charge in [-0.2, -0.15) is 5.10 Å². The number of hydrogen-bond acceptors (Lipinski definition) is 4. The molecule has 3 rings (SSSR count). The molecule has 3 aromatic rings. The van der Waals surface area contributed by atoms with E-state index in [4.69, 9.17) is 0 Å². The minimum absolute atomic E-state index is 0.0729. The van der Waals surface area contributed by atoms with Gasteiger partial charge in [0.1, 0.15) is 0 Å². The lowest BCUT2D eigenvalue weighted by Gasteiger charge is -2.22. The van der Waals surface area contributed by atoms with Gasteiger partial charge in [0.05, 0.1) is 18.3 Å². The molecule has 146 valence electrons. The van der Waals surface area contributed by atoms with E-state index in [-0.39, 0.29) is 11.3 Å². The third-order valence-corrected chi connectivity index (χ3v) is 4.86. The van der Waals surface area contributed by atoms with Crippen molar-refractivity contribution < 1.29 is 4.79 Å². The first kappa shape index (κ1) is 19.6. The molecule has 0 radical (unpaired) electrons. The maximum Gasteiger partial charge on any atom is 0.224 e. The van der Waals surface area contributed by atoms with Crippen molar-refractivity contribution >= 4 is 22.5 Å². The summed E-state index contributed by atoms with van der Waals surface area (Å²) in [6.45, 7) is 3.66. The lowest BCUT2D eigenvalue weighted by atomic mass is 10.1. The number of fused-ring (bicyclic) bond motifs is 1. The van der Waals surface area contributed by atoms with Gasteiger partial charge in [-0.25, -0.2) is 0 Å². The third kappa shape index (κ3) is 4.39. The van der Waals surface area contributed by atoms with Gasteiger partial charge in [-0.05, 0) is 36.8 Å². The maximum absolute atomic E-state index is 12.7. The number of para-hydroxylation sites is 1. The van der Waals surface area contributed by atoms with Crippen LogP contribution in [0.25, 0.3) is 10.9 Å². The van der Waals surface area contributed by atoms with Crippen LogP contribution in [0.1, 0.15) is 18.9 Å². The Morgan fingerprint density at radius 2 is 1.79 bits per heavy atom. The van der Waals surface area contributed by atoms with Gasteiger partial charge in [-0.1, -0.05) is 24.3 Å². The summed E-state index contributed by atoms with van der Waals surface area (Å²) in [5, 5.41) is 4.83. The number of aryl methyl sites for hydroxylation is 1. The average molecular weight is 378 g/mol. The highest BCUT2D eigenvalue weighted by molar-refractivity contribution is 5.79. The zero-order valence-corrected chi connectivity index (χ0v) is 16.6. The number of anilines is 1. The van der Waals surface area contributed by atoms with E-state index < -0.39 is 0 Å². The van der Waals surface area contributed by atoms with Crippen LogP contribution in [0, 0.1) is 0 Å². The van der Waals surface area contributed by atoms with E-state index in [0.29, 0.717) is 31.4 Å². The number of hydrogen-bond donors (Lipinski definition) is 0. The highest BCUT2D eigenvalue weighted by Gasteiger charge is 2.13. The minimum atomic E-state index is -0.102. The number of nitrogens with zero attached hydrogens (tertiary/aromatic N) is 4. The summed E-state index contributed by atoms with van der Waals surface area (Å²) >= 11 is 0.